The maximum Gasteiger partial charge on any atom is 0.277 e. The Kier molecular flexibility index (Phi) is 5.43. The van der Waals surface area contributed by atoms with Crippen molar-refractivity contribution in [1.29, 1.82) is 0 Å². The van der Waals surface area contributed by atoms with Crippen molar-refractivity contribution in [3.63, 3.8) is 0 Å². The Bertz CT molecular complexity index is 1400. The number of rotatable bonds is 6. The number of aromatic amines is 1. The second kappa shape index (κ2) is 8.37. The number of aryl methyl sites for hydroxylation is 1. The lowest BCUT2D eigenvalue weighted by Gasteiger charge is -2.07. The lowest BCUT2D eigenvalue weighted by Crippen LogP contribution is -2.12. The third-order valence-electron chi connectivity index (χ3n) is 4.66. The first kappa shape index (κ1) is 20.1. The number of fused-ring (bicyclic) bond motifs is 1. The van der Waals surface area contributed by atoms with E-state index in [0.717, 1.165) is 26.7 Å². The summed E-state index contributed by atoms with van der Waals surface area (Å²) >= 11 is 4.43. The summed E-state index contributed by atoms with van der Waals surface area (Å²) in [6.07, 6.45) is 0.505. The smallest absolute Gasteiger partial charge is 0.277 e. The van der Waals surface area contributed by atoms with Gasteiger partial charge in [0.2, 0.25) is 5.89 Å². The van der Waals surface area contributed by atoms with Crippen molar-refractivity contribution in [2.45, 2.75) is 30.7 Å². The molecular formula is C21H17N5O2S3. The van der Waals surface area contributed by atoms with Gasteiger partial charge in [-0.3, -0.25) is 4.79 Å². The van der Waals surface area contributed by atoms with Gasteiger partial charge in [-0.1, -0.05) is 42.1 Å². The minimum Gasteiger partial charge on any atom is -0.416 e. The van der Waals surface area contributed by atoms with Crippen molar-refractivity contribution < 1.29 is 4.42 Å². The molecule has 0 saturated carbocycles. The second-order valence-corrected chi connectivity index (χ2v) is 10.1. The zero-order chi connectivity index (χ0) is 21.4. The van der Waals surface area contributed by atoms with Gasteiger partial charge in [-0.15, -0.1) is 32.9 Å². The van der Waals surface area contributed by atoms with Gasteiger partial charge in [-0.25, -0.2) is 9.97 Å². The largest absolute Gasteiger partial charge is 0.416 e. The maximum absolute atomic E-state index is 12.9. The number of hydrogen-bond acceptors (Lipinski definition) is 9. The minimum atomic E-state index is -0.158. The first-order valence-corrected chi connectivity index (χ1v) is 12.2. The summed E-state index contributed by atoms with van der Waals surface area (Å²) in [6.45, 7) is 3.92. The molecule has 10 heteroatoms. The van der Waals surface area contributed by atoms with Crippen molar-refractivity contribution >= 4 is 44.7 Å². The Labute approximate surface area is 189 Å². The molecule has 1 N–H and O–H groups in total. The maximum atomic E-state index is 12.9. The normalized spacial score (nSPS) is 12.5. The highest BCUT2D eigenvalue weighted by atomic mass is 32.2. The summed E-state index contributed by atoms with van der Waals surface area (Å²) in [4.78, 5) is 25.6. The predicted octanol–water partition coefficient (Wildman–Crippen LogP) is 5.24. The first-order chi connectivity index (χ1) is 15.1. The standard InChI is InChI=1S/C21H17N5O2S3/c1-11(31-21-26-25-16(28-21)8-14-9-29-12(2)22-14)18-23-19(27)17-15(10-30-20(17)24-18)13-6-4-3-5-7-13/h3-7,9-11H,8H2,1-2H3,(H,23,24,27)/t11-/m1/s1. The van der Waals surface area contributed by atoms with Gasteiger partial charge in [-0.05, 0) is 19.4 Å². The number of thiophene rings is 1. The Morgan fingerprint density at radius 3 is 2.74 bits per heavy atom. The van der Waals surface area contributed by atoms with E-state index in [1.165, 1.54) is 23.1 Å². The zero-order valence-corrected chi connectivity index (χ0v) is 19.1. The van der Waals surface area contributed by atoms with Gasteiger partial charge in [0.05, 0.1) is 27.8 Å². The fourth-order valence-electron chi connectivity index (χ4n) is 3.20. The zero-order valence-electron chi connectivity index (χ0n) is 16.7. The van der Waals surface area contributed by atoms with E-state index in [9.17, 15) is 4.79 Å². The molecule has 0 bridgehead atoms. The van der Waals surface area contributed by atoms with Crippen LogP contribution in [0.15, 0.2) is 55.5 Å². The van der Waals surface area contributed by atoms with E-state index < -0.39 is 0 Å². The van der Waals surface area contributed by atoms with Gasteiger partial charge >= 0.3 is 0 Å². The second-order valence-electron chi connectivity index (χ2n) is 6.90. The molecule has 31 heavy (non-hydrogen) atoms. The number of thiazole rings is 1. The first-order valence-electron chi connectivity index (χ1n) is 9.53. The van der Waals surface area contributed by atoms with Crippen molar-refractivity contribution in [3.8, 4) is 11.1 Å². The summed E-state index contributed by atoms with van der Waals surface area (Å²) in [5.41, 5.74) is 2.68. The molecule has 0 amide bonds. The lowest BCUT2D eigenvalue weighted by molar-refractivity contribution is 0.418. The van der Waals surface area contributed by atoms with Crippen molar-refractivity contribution in [2.24, 2.45) is 0 Å². The fraction of sp³-hybridized carbons (Fsp3) is 0.190. The minimum absolute atomic E-state index is 0.141. The van der Waals surface area contributed by atoms with Gasteiger partial charge < -0.3 is 9.40 Å². The summed E-state index contributed by atoms with van der Waals surface area (Å²) in [5, 5.41) is 14.1. The van der Waals surface area contributed by atoms with Gasteiger partial charge in [0.1, 0.15) is 10.7 Å². The molecule has 0 aliphatic carbocycles. The van der Waals surface area contributed by atoms with Gasteiger partial charge in [0, 0.05) is 16.3 Å². The highest BCUT2D eigenvalue weighted by Crippen LogP contribution is 2.35. The van der Waals surface area contributed by atoms with Crippen LogP contribution >= 0.6 is 34.4 Å². The molecule has 4 aromatic heterocycles. The van der Waals surface area contributed by atoms with Crippen LogP contribution in [-0.2, 0) is 6.42 Å². The summed E-state index contributed by atoms with van der Waals surface area (Å²) in [5.74, 6) is 1.10. The third-order valence-corrected chi connectivity index (χ3v) is 7.29. The topological polar surface area (TPSA) is 97.6 Å². The van der Waals surface area contributed by atoms with Crippen LogP contribution in [0.2, 0.25) is 0 Å². The van der Waals surface area contributed by atoms with E-state index in [-0.39, 0.29) is 10.8 Å². The lowest BCUT2D eigenvalue weighted by atomic mass is 10.1. The van der Waals surface area contributed by atoms with Crippen LogP contribution in [0.1, 0.15) is 34.6 Å². The average Bonchev–Trinajstić information content (AvgIpc) is 3.49. The monoisotopic (exact) mass is 467 g/mol. The molecule has 7 nitrogen and oxygen atoms in total. The Balaban J connectivity index is 1.37. The van der Waals surface area contributed by atoms with Crippen LogP contribution < -0.4 is 5.56 Å². The molecular weight excluding hydrogens is 450 g/mol. The number of hydrogen-bond donors (Lipinski definition) is 1. The van der Waals surface area contributed by atoms with Crippen LogP contribution in [0.5, 0.6) is 0 Å². The Morgan fingerprint density at radius 1 is 1.13 bits per heavy atom. The van der Waals surface area contributed by atoms with Crippen LogP contribution in [0, 0.1) is 6.92 Å². The number of thioether (sulfide) groups is 1. The van der Waals surface area contributed by atoms with Crippen molar-refractivity contribution in [2.75, 3.05) is 0 Å². The van der Waals surface area contributed by atoms with Crippen LogP contribution in [0.4, 0.5) is 0 Å². The molecule has 5 rings (SSSR count). The predicted molar refractivity (Wildman–Crippen MR) is 124 cm³/mol. The number of nitrogens with one attached hydrogen (secondary N) is 1. The highest BCUT2D eigenvalue weighted by Gasteiger charge is 2.19. The molecule has 1 aromatic carbocycles. The quantitative estimate of drug-likeness (QED) is 0.341. The van der Waals surface area contributed by atoms with Crippen LogP contribution in [0.3, 0.4) is 0 Å². The number of aromatic nitrogens is 5. The SMILES string of the molecule is Cc1nc(Cc2nnc(S[C@H](C)c3nc4scc(-c5ccccc5)c4c(=O)[nH]3)o2)cs1. The van der Waals surface area contributed by atoms with E-state index >= 15 is 0 Å². The van der Waals surface area contributed by atoms with Gasteiger partial charge in [-0.2, -0.15) is 0 Å². The number of benzene rings is 1. The molecule has 0 spiro atoms. The fourth-order valence-corrected chi connectivity index (χ4v) is 5.52. The van der Waals surface area contributed by atoms with E-state index in [0.29, 0.717) is 28.7 Å². The summed E-state index contributed by atoms with van der Waals surface area (Å²) in [7, 11) is 0. The molecule has 0 aliphatic rings. The van der Waals surface area contributed by atoms with Gasteiger partial charge in [0.25, 0.3) is 10.8 Å². The van der Waals surface area contributed by atoms with E-state index in [1.807, 2.05) is 54.9 Å². The Morgan fingerprint density at radius 2 is 1.97 bits per heavy atom. The van der Waals surface area contributed by atoms with Gasteiger partial charge in [0.15, 0.2) is 0 Å². The summed E-state index contributed by atoms with van der Waals surface area (Å²) < 4.78 is 5.76. The van der Waals surface area contributed by atoms with E-state index in [4.69, 9.17) is 9.40 Å². The van der Waals surface area contributed by atoms with Crippen molar-refractivity contribution in [1.82, 2.24) is 25.1 Å². The molecule has 156 valence electrons. The van der Waals surface area contributed by atoms with Crippen LogP contribution in [-0.4, -0.2) is 25.1 Å². The molecule has 4 heterocycles. The molecule has 0 aliphatic heterocycles. The molecule has 0 unspecified atom stereocenters. The third kappa shape index (κ3) is 4.18. The molecule has 5 aromatic rings. The Hall–Kier alpha value is -2.82. The molecule has 0 fully saturated rings. The van der Waals surface area contributed by atoms with E-state index in [2.05, 4.69) is 20.2 Å². The molecule has 0 saturated heterocycles. The molecule has 1 atom stereocenters. The summed E-state index contributed by atoms with van der Waals surface area (Å²) in [6, 6.07) is 9.86. The van der Waals surface area contributed by atoms with Crippen LogP contribution in [0.25, 0.3) is 21.3 Å². The number of H-pyrrole nitrogens is 1. The number of nitrogens with zero attached hydrogens (tertiary/aromatic N) is 4. The average molecular weight is 468 g/mol. The molecule has 0 radical (unpaired) electrons. The van der Waals surface area contributed by atoms with Crippen molar-refractivity contribution in [3.05, 3.63) is 73.9 Å². The highest BCUT2D eigenvalue weighted by molar-refractivity contribution is 7.99. The van der Waals surface area contributed by atoms with E-state index in [1.54, 1.807) is 11.3 Å².